The summed E-state index contributed by atoms with van der Waals surface area (Å²) >= 11 is 0. The van der Waals surface area contributed by atoms with E-state index in [0.717, 1.165) is 12.1 Å². The Balaban J connectivity index is 1.34. The predicted octanol–water partition coefficient (Wildman–Crippen LogP) is 5.13. The lowest BCUT2D eigenvalue weighted by molar-refractivity contribution is 0.0247. The molecule has 3 N–H and O–H groups in total. The largest absolute Gasteiger partial charge is 0.497 e. The highest BCUT2D eigenvalue weighted by Gasteiger charge is 2.34. The smallest absolute Gasteiger partial charge is 0.194 e. The highest BCUT2D eigenvalue weighted by molar-refractivity contribution is 5.85. The molecule has 1 atom stereocenters. The van der Waals surface area contributed by atoms with Crippen molar-refractivity contribution < 1.29 is 32.5 Å². The van der Waals surface area contributed by atoms with Gasteiger partial charge in [0.25, 0.3) is 0 Å². The quantitative estimate of drug-likeness (QED) is 0.234. The summed E-state index contributed by atoms with van der Waals surface area (Å²) in [5.74, 6) is -3.38. The molecule has 0 radical (unpaired) electrons. The molecule has 0 saturated carbocycles. The van der Waals surface area contributed by atoms with E-state index in [4.69, 9.17) is 4.74 Å². The second-order valence-corrected chi connectivity index (χ2v) is 9.95. The normalized spacial score (nSPS) is 16.5. The molecule has 1 aromatic heterocycles. The summed E-state index contributed by atoms with van der Waals surface area (Å²) in [5.41, 5.74) is 1.28. The number of pyridine rings is 1. The molecule has 2 aromatic carbocycles. The number of halogens is 4. The highest BCUT2D eigenvalue weighted by atomic mass is 19.2. The predicted molar refractivity (Wildman–Crippen MR) is 137 cm³/mol. The maximum atomic E-state index is 13.8. The van der Waals surface area contributed by atoms with Gasteiger partial charge in [-0.25, -0.2) is 17.6 Å². The maximum absolute atomic E-state index is 13.8. The van der Waals surface area contributed by atoms with Crippen LogP contribution in [0, 0.1) is 22.9 Å². The molecular formula is C28H33F4N3O3. The van der Waals surface area contributed by atoms with Gasteiger partial charge in [0.2, 0.25) is 0 Å². The third-order valence-corrected chi connectivity index (χ3v) is 7.62. The Kier molecular flexibility index (Phi) is 9.07. The van der Waals surface area contributed by atoms with Crippen molar-refractivity contribution in [1.29, 1.82) is 0 Å². The molecule has 10 heteroatoms. The third-order valence-electron chi connectivity index (χ3n) is 7.62. The Bertz CT molecular complexity index is 1220. The van der Waals surface area contributed by atoms with Crippen LogP contribution in [0.4, 0.5) is 23.2 Å². The Hall–Kier alpha value is -2.95. The second kappa shape index (κ2) is 12.3. The number of nitrogens with one attached hydrogen (secondary N) is 1. The second-order valence-electron chi connectivity index (χ2n) is 9.95. The molecule has 6 nitrogen and oxygen atoms in total. The minimum Gasteiger partial charge on any atom is -0.497 e. The van der Waals surface area contributed by atoms with Crippen LogP contribution >= 0.6 is 0 Å². The number of ether oxygens (including phenoxy) is 1. The van der Waals surface area contributed by atoms with Crippen molar-refractivity contribution in [1.82, 2.24) is 9.88 Å². The van der Waals surface area contributed by atoms with Crippen molar-refractivity contribution in [3.8, 4) is 5.75 Å². The summed E-state index contributed by atoms with van der Waals surface area (Å²) in [6.45, 7) is 1.65. The van der Waals surface area contributed by atoms with Crippen LogP contribution in [-0.2, 0) is 6.67 Å². The molecule has 1 fully saturated rings. The van der Waals surface area contributed by atoms with Crippen LogP contribution < -0.4 is 10.1 Å². The molecule has 0 bridgehead atoms. The summed E-state index contributed by atoms with van der Waals surface area (Å²) < 4.78 is 59.1. The molecule has 4 rings (SSSR count). The van der Waals surface area contributed by atoms with Crippen LogP contribution in [-0.4, -0.2) is 60.0 Å². The molecular weight excluding hydrogens is 502 g/mol. The Morgan fingerprint density at radius 2 is 1.84 bits per heavy atom. The third kappa shape index (κ3) is 6.19. The zero-order chi connectivity index (χ0) is 27.3. The monoisotopic (exact) mass is 535 g/mol. The van der Waals surface area contributed by atoms with Crippen LogP contribution in [0.25, 0.3) is 10.9 Å². The van der Waals surface area contributed by atoms with E-state index in [-0.39, 0.29) is 17.7 Å². The van der Waals surface area contributed by atoms with Crippen LogP contribution in [0.1, 0.15) is 42.9 Å². The van der Waals surface area contributed by atoms with E-state index >= 15 is 0 Å². The molecule has 2 heterocycles. The van der Waals surface area contributed by atoms with Gasteiger partial charge in [0.05, 0.1) is 18.7 Å². The summed E-state index contributed by atoms with van der Waals surface area (Å²) in [5, 5.41) is 25.0. The number of hydrogen-bond donors (Lipinski definition) is 3. The van der Waals surface area contributed by atoms with E-state index in [0.29, 0.717) is 79.6 Å². The maximum Gasteiger partial charge on any atom is 0.194 e. The number of fused-ring (bicyclic) bond motifs is 1. The van der Waals surface area contributed by atoms with Gasteiger partial charge in [-0.05, 0) is 68.0 Å². The van der Waals surface area contributed by atoms with E-state index in [1.807, 2.05) is 0 Å². The van der Waals surface area contributed by atoms with Gasteiger partial charge in [-0.2, -0.15) is 0 Å². The fourth-order valence-corrected chi connectivity index (χ4v) is 5.20. The first-order valence-electron chi connectivity index (χ1n) is 12.7. The van der Waals surface area contributed by atoms with Gasteiger partial charge in [-0.3, -0.25) is 4.98 Å². The van der Waals surface area contributed by atoms with Gasteiger partial charge in [-0.15, -0.1) is 0 Å². The first kappa shape index (κ1) is 28.1. The number of benzene rings is 2. The van der Waals surface area contributed by atoms with Crippen molar-refractivity contribution >= 4 is 16.6 Å². The number of rotatable bonds is 11. The van der Waals surface area contributed by atoms with E-state index in [9.17, 15) is 27.8 Å². The molecule has 3 aromatic rings. The Labute approximate surface area is 219 Å². The van der Waals surface area contributed by atoms with Crippen molar-refractivity contribution in [3.63, 3.8) is 0 Å². The standard InChI is InChI=1S/C28H33F4N3O3/c1-38-20-2-3-24-21(14-20)26(18(15-29)16-34-24)25(37)4-5-28(17-36)6-9-35(10-7-28)11-8-33-19-12-22(30)27(32)23(31)13-19/h2-3,12-14,16,25,33,36-37H,4-11,15,17H2,1H3. The number of aliphatic hydroxyl groups excluding tert-OH is 2. The lowest BCUT2D eigenvalue weighted by Gasteiger charge is -2.41. The number of likely N-dealkylation sites (tertiary alicyclic amines) is 1. The number of anilines is 1. The number of piperidine rings is 1. The summed E-state index contributed by atoms with van der Waals surface area (Å²) in [6, 6.07) is 7.14. The molecule has 206 valence electrons. The number of methoxy groups -OCH3 is 1. The molecule has 0 aliphatic carbocycles. The Morgan fingerprint density at radius 1 is 1.13 bits per heavy atom. The zero-order valence-corrected chi connectivity index (χ0v) is 21.3. The molecule has 1 saturated heterocycles. The number of aliphatic hydroxyl groups is 2. The van der Waals surface area contributed by atoms with E-state index in [2.05, 4.69) is 15.2 Å². The minimum atomic E-state index is -1.49. The average molecular weight is 536 g/mol. The topological polar surface area (TPSA) is 77.8 Å². The van der Waals surface area contributed by atoms with Crippen LogP contribution in [0.2, 0.25) is 0 Å². The molecule has 38 heavy (non-hydrogen) atoms. The summed E-state index contributed by atoms with van der Waals surface area (Å²) in [6.07, 6.45) is 2.85. The number of alkyl halides is 1. The SMILES string of the molecule is COc1ccc2ncc(CF)c(C(O)CCC3(CO)CCN(CCNc4cc(F)c(F)c(F)c4)CC3)c2c1. The van der Waals surface area contributed by atoms with Crippen LogP contribution in [0.15, 0.2) is 36.5 Å². The number of nitrogens with zero attached hydrogens (tertiary/aromatic N) is 2. The summed E-state index contributed by atoms with van der Waals surface area (Å²) in [4.78, 5) is 6.48. The average Bonchev–Trinajstić information content (AvgIpc) is 2.94. The molecule has 1 aliphatic heterocycles. The van der Waals surface area contributed by atoms with Gasteiger partial charge in [0.15, 0.2) is 17.5 Å². The lowest BCUT2D eigenvalue weighted by atomic mass is 9.74. The van der Waals surface area contributed by atoms with Crippen LogP contribution in [0.3, 0.4) is 0 Å². The minimum absolute atomic E-state index is 0.0270. The highest BCUT2D eigenvalue weighted by Crippen LogP contribution is 2.40. The van der Waals surface area contributed by atoms with Crippen molar-refractivity contribution in [2.75, 3.05) is 45.2 Å². The van der Waals surface area contributed by atoms with Gasteiger partial charge in [0.1, 0.15) is 12.4 Å². The molecule has 0 amide bonds. The van der Waals surface area contributed by atoms with Gasteiger partial charge in [0, 0.05) is 54.7 Å². The summed E-state index contributed by atoms with van der Waals surface area (Å²) in [7, 11) is 1.54. The van der Waals surface area contributed by atoms with E-state index < -0.39 is 30.2 Å². The first-order chi connectivity index (χ1) is 18.3. The van der Waals surface area contributed by atoms with Gasteiger partial charge in [-0.1, -0.05) is 0 Å². The number of hydrogen-bond acceptors (Lipinski definition) is 6. The fourth-order valence-electron chi connectivity index (χ4n) is 5.20. The van der Waals surface area contributed by atoms with Crippen molar-refractivity contribution in [3.05, 3.63) is 65.1 Å². The van der Waals surface area contributed by atoms with Crippen molar-refractivity contribution in [2.45, 2.75) is 38.5 Å². The first-order valence-corrected chi connectivity index (χ1v) is 12.7. The molecule has 1 unspecified atom stereocenters. The van der Waals surface area contributed by atoms with E-state index in [1.54, 1.807) is 25.3 Å². The lowest BCUT2D eigenvalue weighted by Crippen LogP contribution is -2.43. The molecule has 0 spiro atoms. The van der Waals surface area contributed by atoms with E-state index in [1.165, 1.54) is 6.20 Å². The molecule has 1 aliphatic rings. The fraction of sp³-hybridized carbons (Fsp3) is 0.464. The Morgan fingerprint density at radius 3 is 2.47 bits per heavy atom. The van der Waals surface area contributed by atoms with Crippen LogP contribution in [0.5, 0.6) is 5.75 Å². The van der Waals surface area contributed by atoms with Crippen molar-refractivity contribution in [2.24, 2.45) is 5.41 Å². The van der Waals surface area contributed by atoms with Gasteiger partial charge < -0.3 is 25.2 Å². The zero-order valence-electron chi connectivity index (χ0n) is 21.3. The van der Waals surface area contributed by atoms with Gasteiger partial charge >= 0.3 is 0 Å². The number of aromatic nitrogens is 1.